The molecule has 31 heavy (non-hydrogen) atoms. The number of likely N-dealkylation sites (tertiary alicyclic amines) is 1. The molecule has 2 aliphatic rings. The van der Waals surface area contributed by atoms with Gasteiger partial charge in [-0.1, -0.05) is 24.3 Å². The summed E-state index contributed by atoms with van der Waals surface area (Å²) in [6.07, 6.45) is 7.00. The summed E-state index contributed by atoms with van der Waals surface area (Å²) in [5, 5.41) is 0. The molecule has 2 heterocycles. The normalized spacial score (nSPS) is 17.9. The van der Waals surface area contributed by atoms with Crippen LogP contribution in [0, 0.1) is 12.8 Å². The molecule has 2 aromatic rings. The van der Waals surface area contributed by atoms with Crippen LogP contribution in [0.2, 0.25) is 0 Å². The molecule has 168 valence electrons. The van der Waals surface area contributed by atoms with Crippen molar-refractivity contribution >= 4 is 5.91 Å². The van der Waals surface area contributed by atoms with Gasteiger partial charge in [0.25, 0.3) is 5.91 Å². The van der Waals surface area contributed by atoms with Crippen LogP contribution in [0.4, 0.5) is 0 Å². The van der Waals surface area contributed by atoms with Crippen LogP contribution in [-0.2, 0) is 12.8 Å². The summed E-state index contributed by atoms with van der Waals surface area (Å²) in [7, 11) is 4.15. The van der Waals surface area contributed by atoms with E-state index in [0.717, 1.165) is 52.0 Å². The first kappa shape index (κ1) is 22.0. The zero-order valence-electron chi connectivity index (χ0n) is 19.2. The summed E-state index contributed by atoms with van der Waals surface area (Å²) in [5.41, 5.74) is 3.72. The lowest BCUT2D eigenvalue weighted by Crippen LogP contribution is -2.45. The van der Waals surface area contributed by atoms with Crippen molar-refractivity contribution in [1.82, 2.24) is 19.7 Å². The highest BCUT2D eigenvalue weighted by Crippen LogP contribution is 2.29. The van der Waals surface area contributed by atoms with Gasteiger partial charge in [-0.2, -0.15) is 0 Å². The fraction of sp³-hybridized carbons (Fsp3) is 0.600. The fourth-order valence-corrected chi connectivity index (χ4v) is 5.11. The molecule has 0 radical (unpaired) electrons. The van der Waals surface area contributed by atoms with Crippen LogP contribution in [0.1, 0.15) is 46.6 Å². The molecule has 6 heteroatoms. The standard InChI is InChI=1S/C25H36N4O2/c1-19-24(31-18-26-19)25(30)29(12-6-11-27(2)3)17-20-9-13-28(14-10-20)23-15-21-7-4-5-8-22(21)16-23/h4-5,7-8,18,20,23H,6,9-17H2,1-3H3. The lowest BCUT2D eigenvalue weighted by molar-refractivity contribution is 0.0630. The number of hydrogen-bond acceptors (Lipinski definition) is 5. The smallest absolute Gasteiger partial charge is 0.291 e. The summed E-state index contributed by atoms with van der Waals surface area (Å²) in [4.78, 5) is 24.1. The monoisotopic (exact) mass is 424 g/mol. The zero-order chi connectivity index (χ0) is 21.8. The van der Waals surface area contributed by atoms with Crippen LogP contribution in [0.5, 0.6) is 0 Å². The number of hydrogen-bond donors (Lipinski definition) is 0. The highest BCUT2D eigenvalue weighted by Gasteiger charge is 2.31. The van der Waals surface area contributed by atoms with Gasteiger partial charge in [0.2, 0.25) is 5.76 Å². The van der Waals surface area contributed by atoms with E-state index in [1.165, 1.54) is 30.4 Å². The molecule has 1 fully saturated rings. The minimum atomic E-state index is -0.0116. The van der Waals surface area contributed by atoms with Crippen molar-refractivity contribution in [2.24, 2.45) is 5.92 Å². The number of nitrogens with zero attached hydrogens (tertiary/aromatic N) is 4. The first-order valence-electron chi connectivity index (χ1n) is 11.7. The number of piperidine rings is 1. The van der Waals surface area contributed by atoms with Crippen LogP contribution >= 0.6 is 0 Å². The van der Waals surface area contributed by atoms with E-state index in [1.54, 1.807) is 0 Å². The molecule has 0 spiro atoms. The maximum atomic E-state index is 13.1. The number of aromatic nitrogens is 1. The summed E-state index contributed by atoms with van der Waals surface area (Å²) in [6, 6.07) is 9.53. The van der Waals surface area contributed by atoms with Gasteiger partial charge in [0.1, 0.15) is 0 Å². The minimum absolute atomic E-state index is 0.0116. The maximum Gasteiger partial charge on any atom is 0.291 e. The molecule has 4 rings (SSSR count). The maximum absolute atomic E-state index is 13.1. The van der Waals surface area contributed by atoms with Crippen molar-refractivity contribution in [2.45, 2.75) is 45.1 Å². The predicted octanol–water partition coefficient (Wildman–Crippen LogP) is 3.26. The van der Waals surface area contributed by atoms with Gasteiger partial charge < -0.3 is 14.2 Å². The Kier molecular flexibility index (Phi) is 7.08. The molecule has 6 nitrogen and oxygen atoms in total. The number of benzene rings is 1. The Labute approximate surface area is 186 Å². The van der Waals surface area contributed by atoms with Crippen LogP contribution in [-0.4, -0.2) is 78.5 Å². The molecule has 0 N–H and O–H groups in total. The number of amides is 1. The third-order valence-corrected chi connectivity index (χ3v) is 6.93. The van der Waals surface area contributed by atoms with Gasteiger partial charge >= 0.3 is 0 Å². The Morgan fingerprint density at radius 2 is 1.81 bits per heavy atom. The molecule has 1 aromatic carbocycles. The molecular formula is C25H36N4O2. The predicted molar refractivity (Wildman–Crippen MR) is 122 cm³/mol. The number of oxazole rings is 1. The first-order chi connectivity index (χ1) is 15.0. The zero-order valence-corrected chi connectivity index (χ0v) is 19.2. The van der Waals surface area contributed by atoms with Crippen LogP contribution in [0.25, 0.3) is 0 Å². The van der Waals surface area contributed by atoms with Crippen molar-refractivity contribution in [3.8, 4) is 0 Å². The molecule has 0 saturated carbocycles. The summed E-state index contributed by atoms with van der Waals surface area (Å²) in [6.45, 7) is 6.64. The molecule has 1 amide bonds. The van der Waals surface area contributed by atoms with E-state index in [-0.39, 0.29) is 5.91 Å². The van der Waals surface area contributed by atoms with E-state index < -0.39 is 0 Å². The fourth-order valence-electron chi connectivity index (χ4n) is 5.11. The van der Waals surface area contributed by atoms with Gasteiger partial charge in [0.15, 0.2) is 6.39 Å². The minimum Gasteiger partial charge on any atom is -0.438 e. The highest BCUT2D eigenvalue weighted by molar-refractivity contribution is 5.92. The Balaban J connectivity index is 1.32. The van der Waals surface area contributed by atoms with Gasteiger partial charge in [-0.3, -0.25) is 9.69 Å². The Morgan fingerprint density at radius 3 is 2.39 bits per heavy atom. The average Bonchev–Trinajstić information content (AvgIpc) is 3.39. The lowest BCUT2D eigenvalue weighted by atomic mass is 9.94. The Bertz CT molecular complexity index is 845. The van der Waals surface area contributed by atoms with E-state index in [2.05, 4.69) is 53.1 Å². The van der Waals surface area contributed by atoms with E-state index in [1.807, 2.05) is 11.8 Å². The molecule has 0 atom stereocenters. The first-order valence-corrected chi connectivity index (χ1v) is 11.7. The van der Waals surface area contributed by atoms with Crippen LogP contribution in [0.3, 0.4) is 0 Å². The molecular weight excluding hydrogens is 388 g/mol. The van der Waals surface area contributed by atoms with Gasteiger partial charge in [0.05, 0.1) is 5.69 Å². The third-order valence-electron chi connectivity index (χ3n) is 6.93. The SMILES string of the molecule is Cc1ncoc1C(=O)N(CCCN(C)C)CC1CCN(C2Cc3ccccc3C2)CC1. The second-order valence-corrected chi connectivity index (χ2v) is 9.49. The number of carbonyl (C=O) groups excluding carboxylic acids is 1. The number of carbonyl (C=O) groups is 1. The van der Waals surface area contributed by atoms with Crippen molar-refractivity contribution in [3.63, 3.8) is 0 Å². The Hall–Kier alpha value is -2.18. The van der Waals surface area contributed by atoms with E-state index in [4.69, 9.17) is 4.42 Å². The van der Waals surface area contributed by atoms with Gasteiger partial charge in [-0.05, 0) is 89.8 Å². The highest BCUT2D eigenvalue weighted by atomic mass is 16.3. The molecule has 0 bridgehead atoms. The third kappa shape index (κ3) is 5.36. The van der Waals surface area contributed by atoms with Crippen molar-refractivity contribution in [2.75, 3.05) is 46.8 Å². The summed E-state index contributed by atoms with van der Waals surface area (Å²) in [5.74, 6) is 0.931. The van der Waals surface area contributed by atoms with Gasteiger partial charge in [-0.15, -0.1) is 0 Å². The topological polar surface area (TPSA) is 52.8 Å². The average molecular weight is 425 g/mol. The van der Waals surface area contributed by atoms with Crippen molar-refractivity contribution in [3.05, 3.63) is 53.2 Å². The largest absolute Gasteiger partial charge is 0.438 e. The van der Waals surface area contributed by atoms with Gasteiger partial charge in [0, 0.05) is 19.1 Å². The number of rotatable bonds is 8. The van der Waals surface area contributed by atoms with E-state index in [9.17, 15) is 4.79 Å². The van der Waals surface area contributed by atoms with Crippen LogP contribution in [0.15, 0.2) is 35.1 Å². The molecule has 1 saturated heterocycles. The molecule has 1 aliphatic carbocycles. The molecule has 1 aromatic heterocycles. The quantitative estimate of drug-likeness (QED) is 0.651. The van der Waals surface area contributed by atoms with E-state index >= 15 is 0 Å². The second-order valence-electron chi connectivity index (χ2n) is 9.49. The second kappa shape index (κ2) is 9.96. The van der Waals surface area contributed by atoms with Gasteiger partial charge in [-0.25, -0.2) is 4.98 Å². The summed E-state index contributed by atoms with van der Waals surface area (Å²) < 4.78 is 5.42. The number of fused-ring (bicyclic) bond motifs is 1. The van der Waals surface area contributed by atoms with Crippen LogP contribution < -0.4 is 0 Å². The van der Waals surface area contributed by atoms with Crippen molar-refractivity contribution < 1.29 is 9.21 Å². The molecule has 1 aliphatic heterocycles. The molecule has 0 unspecified atom stereocenters. The lowest BCUT2D eigenvalue weighted by Gasteiger charge is -2.37. The Morgan fingerprint density at radius 1 is 1.13 bits per heavy atom. The number of aryl methyl sites for hydroxylation is 1. The summed E-state index contributed by atoms with van der Waals surface area (Å²) >= 11 is 0. The van der Waals surface area contributed by atoms with Crippen molar-refractivity contribution in [1.29, 1.82) is 0 Å². The van der Waals surface area contributed by atoms with E-state index in [0.29, 0.717) is 23.4 Å².